The second-order valence-corrected chi connectivity index (χ2v) is 5.25. The predicted octanol–water partition coefficient (Wildman–Crippen LogP) is 3.55. The highest BCUT2D eigenvalue weighted by Crippen LogP contribution is 2.25. The van der Waals surface area contributed by atoms with Crippen molar-refractivity contribution in [3.63, 3.8) is 0 Å². The van der Waals surface area contributed by atoms with Crippen molar-refractivity contribution in [3.8, 4) is 5.75 Å². The fraction of sp³-hybridized carbons (Fsp3) is 0.222. The molecular formula is C18H19NO2. The van der Waals surface area contributed by atoms with Crippen molar-refractivity contribution < 1.29 is 9.15 Å². The first kappa shape index (κ1) is 13.7. The molecule has 3 heteroatoms. The number of benzene rings is 2. The summed E-state index contributed by atoms with van der Waals surface area (Å²) in [5, 5.41) is 2.41. The molecule has 108 valence electrons. The number of furan rings is 1. The number of hydrogen-bond acceptors (Lipinski definition) is 3. The van der Waals surface area contributed by atoms with E-state index in [0.29, 0.717) is 0 Å². The molecule has 2 N–H and O–H groups in total. The number of nitrogens with two attached hydrogens (primary N) is 1. The molecule has 0 aliphatic carbocycles. The Morgan fingerprint density at radius 3 is 2.76 bits per heavy atom. The summed E-state index contributed by atoms with van der Waals surface area (Å²) in [5.74, 6) is 1.80. The second kappa shape index (κ2) is 6.02. The van der Waals surface area contributed by atoms with Gasteiger partial charge >= 0.3 is 0 Å². The lowest BCUT2D eigenvalue weighted by molar-refractivity contribution is 0.415. The molecule has 0 aliphatic heterocycles. The van der Waals surface area contributed by atoms with Gasteiger partial charge < -0.3 is 14.9 Å². The third-order valence-corrected chi connectivity index (χ3v) is 3.71. The van der Waals surface area contributed by atoms with Gasteiger partial charge in [-0.2, -0.15) is 0 Å². The molecule has 3 rings (SSSR count). The van der Waals surface area contributed by atoms with Crippen LogP contribution in [0, 0.1) is 0 Å². The zero-order valence-electron chi connectivity index (χ0n) is 12.1. The van der Waals surface area contributed by atoms with Crippen LogP contribution >= 0.6 is 0 Å². The van der Waals surface area contributed by atoms with Crippen molar-refractivity contribution in [3.05, 3.63) is 66.1 Å². The second-order valence-electron chi connectivity index (χ2n) is 5.25. The highest BCUT2D eigenvalue weighted by atomic mass is 16.5. The van der Waals surface area contributed by atoms with E-state index < -0.39 is 0 Å². The molecule has 3 nitrogen and oxygen atoms in total. The summed E-state index contributed by atoms with van der Waals surface area (Å²) in [6.07, 6.45) is 3.24. The highest BCUT2D eigenvalue weighted by Gasteiger charge is 2.10. The maximum Gasteiger partial charge on any atom is 0.119 e. The van der Waals surface area contributed by atoms with Crippen LogP contribution in [0.1, 0.15) is 11.3 Å². The zero-order valence-corrected chi connectivity index (χ0v) is 12.1. The number of hydrogen-bond donors (Lipinski definition) is 1. The third-order valence-electron chi connectivity index (χ3n) is 3.71. The SMILES string of the molecule is COc1ccc2cccc(CC(N)Cc3ccco3)c2c1. The van der Waals surface area contributed by atoms with Crippen LogP contribution in [-0.2, 0) is 12.8 Å². The summed E-state index contributed by atoms with van der Waals surface area (Å²) >= 11 is 0. The molecule has 0 saturated heterocycles. The Balaban J connectivity index is 1.85. The lowest BCUT2D eigenvalue weighted by atomic mass is 9.97. The Morgan fingerprint density at radius 2 is 2.00 bits per heavy atom. The van der Waals surface area contributed by atoms with Crippen molar-refractivity contribution in [1.29, 1.82) is 0 Å². The van der Waals surface area contributed by atoms with Gasteiger partial charge in [0, 0.05) is 12.5 Å². The predicted molar refractivity (Wildman–Crippen MR) is 84.6 cm³/mol. The van der Waals surface area contributed by atoms with Crippen molar-refractivity contribution in [2.45, 2.75) is 18.9 Å². The fourth-order valence-corrected chi connectivity index (χ4v) is 2.66. The standard InChI is InChI=1S/C18H19NO2/c1-20-16-8-7-13-4-2-5-14(18(13)12-16)10-15(19)11-17-6-3-9-21-17/h2-9,12,15H,10-11,19H2,1H3. The number of ether oxygens (including phenoxy) is 1. The molecule has 0 radical (unpaired) electrons. The lowest BCUT2D eigenvalue weighted by Crippen LogP contribution is -2.25. The van der Waals surface area contributed by atoms with E-state index in [-0.39, 0.29) is 6.04 Å². The minimum absolute atomic E-state index is 0.0351. The molecular weight excluding hydrogens is 262 g/mol. The first-order valence-electron chi connectivity index (χ1n) is 7.10. The van der Waals surface area contributed by atoms with Crippen LogP contribution < -0.4 is 10.5 Å². The molecule has 1 atom stereocenters. The molecule has 1 aromatic heterocycles. The van der Waals surface area contributed by atoms with Crippen molar-refractivity contribution in [2.24, 2.45) is 5.73 Å². The van der Waals surface area contributed by atoms with Gasteiger partial charge in [0.2, 0.25) is 0 Å². The Morgan fingerprint density at radius 1 is 1.10 bits per heavy atom. The summed E-state index contributed by atoms with van der Waals surface area (Å²) in [4.78, 5) is 0. The van der Waals surface area contributed by atoms with Crippen LogP contribution in [0.2, 0.25) is 0 Å². The molecule has 0 spiro atoms. The van der Waals surface area contributed by atoms with E-state index in [2.05, 4.69) is 30.3 Å². The molecule has 1 heterocycles. The van der Waals surface area contributed by atoms with Gasteiger partial charge in [0.15, 0.2) is 0 Å². The van der Waals surface area contributed by atoms with Crippen molar-refractivity contribution in [1.82, 2.24) is 0 Å². The maximum absolute atomic E-state index is 6.27. The monoisotopic (exact) mass is 281 g/mol. The molecule has 2 aromatic carbocycles. The Bertz CT molecular complexity index is 719. The minimum Gasteiger partial charge on any atom is -0.497 e. The van der Waals surface area contributed by atoms with E-state index >= 15 is 0 Å². The molecule has 1 unspecified atom stereocenters. The summed E-state index contributed by atoms with van der Waals surface area (Å²) in [7, 11) is 1.69. The van der Waals surface area contributed by atoms with E-state index in [9.17, 15) is 0 Å². The normalized spacial score (nSPS) is 12.5. The van der Waals surface area contributed by atoms with E-state index in [4.69, 9.17) is 14.9 Å². The van der Waals surface area contributed by atoms with Crippen LogP contribution in [-0.4, -0.2) is 13.2 Å². The largest absolute Gasteiger partial charge is 0.497 e. The molecule has 3 aromatic rings. The molecule has 0 aliphatic rings. The minimum atomic E-state index is 0.0351. The molecule has 0 fully saturated rings. The van der Waals surface area contributed by atoms with Gasteiger partial charge in [-0.05, 0) is 47.0 Å². The first-order chi connectivity index (χ1) is 10.3. The van der Waals surface area contributed by atoms with Gasteiger partial charge in [-0.1, -0.05) is 24.3 Å². The van der Waals surface area contributed by atoms with Gasteiger partial charge in [-0.3, -0.25) is 0 Å². The molecule has 0 bridgehead atoms. The number of methoxy groups -OCH3 is 1. The van der Waals surface area contributed by atoms with E-state index in [0.717, 1.165) is 24.4 Å². The summed E-state index contributed by atoms with van der Waals surface area (Å²) in [6.45, 7) is 0. The zero-order chi connectivity index (χ0) is 14.7. The Hall–Kier alpha value is -2.26. The Kier molecular flexibility index (Phi) is 3.93. The van der Waals surface area contributed by atoms with Crippen LogP contribution in [0.25, 0.3) is 10.8 Å². The van der Waals surface area contributed by atoms with Gasteiger partial charge in [-0.25, -0.2) is 0 Å². The average molecular weight is 281 g/mol. The van der Waals surface area contributed by atoms with Crippen LogP contribution in [0.15, 0.2) is 59.2 Å². The van der Waals surface area contributed by atoms with Crippen LogP contribution in [0.4, 0.5) is 0 Å². The van der Waals surface area contributed by atoms with E-state index in [1.54, 1.807) is 13.4 Å². The number of fused-ring (bicyclic) bond motifs is 1. The van der Waals surface area contributed by atoms with Crippen LogP contribution in [0.3, 0.4) is 0 Å². The van der Waals surface area contributed by atoms with E-state index in [1.807, 2.05) is 18.2 Å². The number of rotatable bonds is 5. The smallest absolute Gasteiger partial charge is 0.119 e. The average Bonchev–Trinajstić information content (AvgIpc) is 3.00. The van der Waals surface area contributed by atoms with E-state index in [1.165, 1.54) is 16.3 Å². The maximum atomic E-state index is 6.27. The lowest BCUT2D eigenvalue weighted by Gasteiger charge is -2.13. The van der Waals surface area contributed by atoms with Crippen molar-refractivity contribution >= 4 is 10.8 Å². The summed E-state index contributed by atoms with van der Waals surface area (Å²) in [6, 6.07) is 16.3. The third kappa shape index (κ3) is 3.09. The van der Waals surface area contributed by atoms with Gasteiger partial charge in [0.1, 0.15) is 11.5 Å². The molecule has 21 heavy (non-hydrogen) atoms. The molecule has 0 amide bonds. The van der Waals surface area contributed by atoms with Gasteiger partial charge in [0.25, 0.3) is 0 Å². The van der Waals surface area contributed by atoms with Crippen LogP contribution in [0.5, 0.6) is 5.75 Å². The van der Waals surface area contributed by atoms with Gasteiger partial charge in [0.05, 0.1) is 13.4 Å². The summed E-state index contributed by atoms with van der Waals surface area (Å²) in [5.41, 5.74) is 7.51. The van der Waals surface area contributed by atoms with Crippen molar-refractivity contribution in [2.75, 3.05) is 7.11 Å². The molecule has 0 saturated carbocycles. The topological polar surface area (TPSA) is 48.4 Å². The quantitative estimate of drug-likeness (QED) is 0.778. The highest BCUT2D eigenvalue weighted by molar-refractivity contribution is 5.87. The summed E-state index contributed by atoms with van der Waals surface area (Å²) < 4.78 is 10.7. The van der Waals surface area contributed by atoms with Gasteiger partial charge in [-0.15, -0.1) is 0 Å². The Labute approximate surface area is 124 Å². The first-order valence-corrected chi connectivity index (χ1v) is 7.10. The fourth-order valence-electron chi connectivity index (χ4n) is 2.66.